The van der Waals surface area contributed by atoms with Gasteiger partial charge in [-0.15, -0.1) is 0 Å². The summed E-state index contributed by atoms with van der Waals surface area (Å²) in [5, 5.41) is 9.87. The smallest absolute Gasteiger partial charge is 0.343 e. The number of ketones is 1. The van der Waals surface area contributed by atoms with Crippen molar-refractivity contribution in [3.8, 4) is 0 Å². The Labute approximate surface area is 136 Å². The summed E-state index contributed by atoms with van der Waals surface area (Å²) < 4.78 is 4.85. The number of hydrogen-bond acceptors (Lipinski definition) is 5. The van der Waals surface area contributed by atoms with E-state index in [-0.39, 0.29) is 17.7 Å². The lowest BCUT2D eigenvalue weighted by Gasteiger charge is -2.12. The molecule has 0 fully saturated rings. The minimum Gasteiger partial charge on any atom is -0.463 e. The summed E-state index contributed by atoms with van der Waals surface area (Å²) in [7, 11) is 0. The Hall–Kier alpha value is -2.01. The maximum absolute atomic E-state index is 12.3. The molecule has 0 saturated heterocycles. The number of carbonyl (C=O) groups excluding carboxylic acids is 3. The summed E-state index contributed by atoms with van der Waals surface area (Å²) in [6.45, 7) is 4.11. The molecule has 0 saturated carbocycles. The van der Waals surface area contributed by atoms with Crippen LogP contribution in [-0.2, 0) is 20.7 Å². The van der Waals surface area contributed by atoms with Crippen molar-refractivity contribution in [3.63, 3.8) is 0 Å². The SMILES string of the molecule is CCCCOC(=O)C(O)C(=O)c1cccc(CCCC)c1[C]=O. The summed E-state index contributed by atoms with van der Waals surface area (Å²) in [6.07, 6.45) is 3.80. The first-order valence-electron chi connectivity index (χ1n) is 7.95. The highest BCUT2D eigenvalue weighted by molar-refractivity contribution is 6.14. The van der Waals surface area contributed by atoms with E-state index in [9.17, 15) is 19.5 Å². The van der Waals surface area contributed by atoms with Gasteiger partial charge in [0.25, 0.3) is 0 Å². The van der Waals surface area contributed by atoms with Gasteiger partial charge in [-0.05, 0) is 24.8 Å². The molecule has 0 bridgehead atoms. The van der Waals surface area contributed by atoms with Crippen molar-refractivity contribution in [1.82, 2.24) is 0 Å². The number of benzene rings is 1. The number of rotatable bonds is 10. The molecule has 0 heterocycles. The van der Waals surface area contributed by atoms with Crippen molar-refractivity contribution in [2.45, 2.75) is 52.1 Å². The van der Waals surface area contributed by atoms with E-state index < -0.39 is 17.9 Å². The molecule has 0 aliphatic heterocycles. The van der Waals surface area contributed by atoms with Gasteiger partial charge in [0, 0.05) is 11.1 Å². The van der Waals surface area contributed by atoms with Crippen LogP contribution in [0.2, 0.25) is 0 Å². The normalized spacial score (nSPS) is 11.8. The van der Waals surface area contributed by atoms with E-state index in [1.165, 1.54) is 6.07 Å². The van der Waals surface area contributed by atoms with Gasteiger partial charge in [0.1, 0.15) is 0 Å². The highest BCUT2D eigenvalue weighted by Gasteiger charge is 2.28. The van der Waals surface area contributed by atoms with Crippen LogP contribution in [0.1, 0.15) is 61.0 Å². The van der Waals surface area contributed by atoms with Crippen molar-refractivity contribution in [2.75, 3.05) is 6.61 Å². The fraction of sp³-hybridized carbons (Fsp3) is 0.500. The van der Waals surface area contributed by atoms with Crippen LogP contribution in [0.4, 0.5) is 0 Å². The minimum absolute atomic E-state index is 0.00791. The fourth-order valence-electron chi connectivity index (χ4n) is 2.15. The number of unbranched alkanes of at least 4 members (excludes halogenated alkanes) is 2. The second-order valence-electron chi connectivity index (χ2n) is 5.33. The van der Waals surface area contributed by atoms with Gasteiger partial charge in [-0.3, -0.25) is 9.59 Å². The maximum atomic E-state index is 12.3. The Balaban J connectivity index is 2.93. The Kier molecular flexibility index (Phi) is 8.19. The van der Waals surface area contributed by atoms with E-state index >= 15 is 0 Å². The third-order valence-electron chi connectivity index (χ3n) is 3.53. The molecular weight excluding hydrogens is 296 g/mol. The highest BCUT2D eigenvalue weighted by Crippen LogP contribution is 2.17. The lowest BCUT2D eigenvalue weighted by atomic mass is 9.94. The Morgan fingerprint density at radius 1 is 1.22 bits per heavy atom. The van der Waals surface area contributed by atoms with Crippen LogP contribution < -0.4 is 0 Å². The molecule has 1 radical (unpaired) electrons. The molecule has 1 unspecified atom stereocenters. The van der Waals surface area contributed by atoms with E-state index in [0.717, 1.165) is 19.3 Å². The quantitative estimate of drug-likeness (QED) is 0.310. The molecular formula is C18H23O5. The zero-order valence-corrected chi connectivity index (χ0v) is 13.6. The maximum Gasteiger partial charge on any atom is 0.343 e. The van der Waals surface area contributed by atoms with Gasteiger partial charge in [0.15, 0.2) is 0 Å². The Morgan fingerprint density at radius 3 is 2.52 bits per heavy atom. The van der Waals surface area contributed by atoms with Crippen molar-refractivity contribution in [1.29, 1.82) is 0 Å². The van der Waals surface area contributed by atoms with Crippen LogP contribution in [0, 0.1) is 0 Å². The van der Waals surface area contributed by atoms with Gasteiger partial charge in [-0.1, -0.05) is 44.9 Å². The van der Waals surface area contributed by atoms with Crippen molar-refractivity contribution in [3.05, 3.63) is 34.9 Å². The molecule has 1 rings (SSSR count). The largest absolute Gasteiger partial charge is 0.463 e. The van der Waals surface area contributed by atoms with Crippen LogP contribution in [0.5, 0.6) is 0 Å². The van der Waals surface area contributed by atoms with Crippen LogP contribution in [-0.4, -0.2) is 35.9 Å². The first-order chi connectivity index (χ1) is 11.1. The lowest BCUT2D eigenvalue weighted by molar-refractivity contribution is -0.150. The van der Waals surface area contributed by atoms with Crippen LogP contribution in [0.15, 0.2) is 18.2 Å². The Morgan fingerprint density at radius 2 is 1.91 bits per heavy atom. The second-order valence-corrected chi connectivity index (χ2v) is 5.33. The monoisotopic (exact) mass is 319 g/mol. The average Bonchev–Trinajstić information content (AvgIpc) is 2.58. The molecule has 0 aromatic heterocycles. The molecule has 0 amide bonds. The zero-order chi connectivity index (χ0) is 17.2. The number of esters is 1. The first kappa shape index (κ1) is 19.0. The number of aliphatic hydroxyl groups is 1. The lowest BCUT2D eigenvalue weighted by Crippen LogP contribution is -2.32. The van der Waals surface area contributed by atoms with E-state index in [0.29, 0.717) is 18.4 Å². The van der Waals surface area contributed by atoms with E-state index in [1.54, 1.807) is 18.4 Å². The van der Waals surface area contributed by atoms with Crippen LogP contribution in [0.3, 0.4) is 0 Å². The molecule has 1 N–H and O–H groups in total. The van der Waals surface area contributed by atoms with Gasteiger partial charge in [-0.25, -0.2) is 4.79 Å². The van der Waals surface area contributed by atoms with Crippen molar-refractivity contribution in [2.24, 2.45) is 0 Å². The molecule has 125 valence electrons. The number of carbonyl (C=O) groups is 2. The van der Waals surface area contributed by atoms with Crippen molar-refractivity contribution < 1.29 is 24.2 Å². The molecule has 5 heteroatoms. The van der Waals surface area contributed by atoms with E-state index in [4.69, 9.17) is 4.74 Å². The molecule has 1 aromatic rings. The van der Waals surface area contributed by atoms with Gasteiger partial charge in [0.05, 0.1) is 6.61 Å². The average molecular weight is 319 g/mol. The van der Waals surface area contributed by atoms with Gasteiger partial charge in [-0.2, -0.15) is 0 Å². The molecule has 5 nitrogen and oxygen atoms in total. The molecule has 0 spiro atoms. The van der Waals surface area contributed by atoms with E-state index in [2.05, 4.69) is 0 Å². The number of Topliss-reactive ketones (excluding diaryl/α,β-unsaturated/α-hetero) is 1. The minimum atomic E-state index is -1.92. The third-order valence-corrected chi connectivity index (χ3v) is 3.53. The summed E-state index contributed by atoms with van der Waals surface area (Å²) in [6, 6.07) is 4.80. The van der Waals surface area contributed by atoms with E-state index in [1.807, 2.05) is 13.8 Å². The number of ether oxygens (including phenoxy) is 1. The number of aliphatic hydroxyl groups excluding tert-OH is 1. The zero-order valence-electron chi connectivity index (χ0n) is 13.6. The van der Waals surface area contributed by atoms with Gasteiger partial charge >= 0.3 is 5.97 Å². The van der Waals surface area contributed by atoms with Crippen LogP contribution in [0.25, 0.3) is 0 Å². The topological polar surface area (TPSA) is 80.7 Å². The molecule has 0 aliphatic rings. The summed E-state index contributed by atoms with van der Waals surface area (Å²) >= 11 is 0. The van der Waals surface area contributed by atoms with Crippen LogP contribution >= 0.6 is 0 Å². The summed E-state index contributed by atoms with van der Waals surface area (Å²) in [5.41, 5.74) is 0.819. The summed E-state index contributed by atoms with van der Waals surface area (Å²) in [4.78, 5) is 35.2. The molecule has 0 aliphatic carbocycles. The standard InChI is InChI=1S/C18H23O5/c1-3-5-8-13-9-7-10-14(15(13)12-19)16(20)17(21)18(22)23-11-6-4-2/h7,9-10,17,21H,3-6,8,11H2,1-2H3. The van der Waals surface area contributed by atoms with Crippen molar-refractivity contribution >= 4 is 18.0 Å². The highest BCUT2D eigenvalue weighted by atomic mass is 16.5. The number of aryl methyl sites for hydroxylation is 1. The number of hydrogen-bond donors (Lipinski definition) is 1. The molecule has 23 heavy (non-hydrogen) atoms. The second kappa shape index (κ2) is 9.90. The summed E-state index contributed by atoms with van der Waals surface area (Å²) in [5.74, 6) is -1.82. The predicted molar refractivity (Wildman–Crippen MR) is 86.1 cm³/mol. The first-order valence-corrected chi connectivity index (χ1v) is 7.95. The molecule has 1 aromatic carbocycles. The Bertz CT molecular complexity index is 550. The fourth-order valence-corrected chi connectivity index (χ4v) is 2.15. The van der Waals surface area contributed by atoms with Gasteiger partial charge < -0.3 is 9.84 Å². The third kappa shape index (κ3) is 5.28. The predicted octanol–water partition coefficient (Wildman–Crippen LogP) is 2.37. The van der Waals surface area contributed by atoms with Gasteiger partial charge in [0.2, 0.25) is 18.2 Å². The molecule has 1 atom stereocenters.